The number of rotatable bonds is 6. The van der Waals surface area contributed by atoms with E-state index in [-0.39, 0.29) is 18.4 Å². The molecule has 0 spiro atoms. The van der Waals surface area contributed by atoms with E-state index in [0.29, 0.717) is 22.6 Å². The second kappa shape index (κ2) is 7.31. The summed E-state index contributed by atoms with van der Waals surface area (Å²) in [7, 11) is 0. The number of aromatic nitrogens is 3. The maximum atomic E-state index is 12.0. The molecule has 0 radical (unpaired) electrons. The standard InChI is InChI=1S/C17H17ClN4O2/c1-12(13-5-3-2-4-6-13)10-19-17(23)11-24-22-16-9-14(18)7-8-15(16)20-21-22/h2-9,12H,10-11H2,1H3,(H,19,23)/t12-/m1/s1. The number of nitrogens with one attached hydrogen (secondary N) is 1. The highest BCUT2D eigenvalue weighted by Gasteiger charge is 2.10. The zero-order chi connectivity index (χ0) is 16.9. The van der Waals surface area contributed by atoms with Gasteiger partial charge in [-0.3, -0.25) is 4.79 Å². The highest BCUT2D eigenvalue weighted by molar-refractivity contribution is 6.31. The van der Waals surface area contributed by atoms with E-state index in [9.17, 15) is 4.79 Å². The van der Waals surface area contributed by atoms with Crippen molar-refractivity contribution < 1.29 is 9.63 Å². The van der Waals surface area contributed by atoms with Crippen molar-refractivity contribution in [2.45, 2.75) is 12.8 Å². The molecule has 0 aliphatic heterocycles. The Balaban J connectivity index is 1.53. The van der Waals surface area contributed by atoms with E-state index in [1.807, 2.05) is 30.3 Å². The van der Waals surface area contributed by atoms with Crippen LogP contribution >= 0.6 is 11.6 Å². The summed E-state index contributed by atoms with van der Waals surface area (Å²) in [6.45, 7) is 2.45. The molecule has 0 unspecified atom stereocenters. The molecule has 0 fully saturated rings. The molecule has 1 atom stereocenters. The molecular weight excluding hydrogens is 328 g/mol. The Kier molecular flexibility index (Phi) is 4.96. The van der Waals surface area contributed by atoms with Crippen LogP contribution in [0.2, 0.25) is 5.02 Å². The van der Waals surface area contributed by atoms with E-state index in [0.717, 1.165) is 0 Å². The lowest BCUT2D eigenvalue weighted by molar-refractivity contribution is -0.126. The van der Waals surface area contributed by atoms with Gasteiger partial charge in [-0.2, -0.15) is 0 Å². The van der Waals surface area contributed by atoms with Gasteiger partial charge in [0.2, 0.25) is 0 Å². The van der Waals surface area contributed by atoms with Gasteiger partial charge in [0, 0.05) is 11.6 Å². The minimum Gasteiger partial charge on any atom is -0.385 e. The fourth-order valence-electron chi connectivity index (χ4n) is 2.30. The SMILES string of the molecule is C[C@H](CNC(=O)COn1nnc2ccc(Cl)cc21)c1ccccc1. The van der Waals surface area contributed by atoms with Gasteiger partial charge in [0.15, 0.2) is 6.61 Å². The van der Waals surface area contributed by atoms with E-state index in [4.69, 9.17) is 16.4 Å². The number of carbonyl (C=O) groups is 1. The Morgan fingerprint density at radius 2 is 2.08 bits per heavy atom. The van der Waals surface area contributed by atoms with Gasteiger partial charge in [-0.1, -0.05) is 53.7 Å². The quantitative estimate of drug-likeness (QED) is 0.745. The van der Waals surface area contributed by atoms with E-state index in [1.165, 1.54) is 10.4 Å². The zero-order valence-corrected chi connectivity index (χ0v) is 13.9. The lowest BCUT2D eigenvalue weighted by Crippen LogP contribution is -2.34. The first-order chi connectivity index (χ1) is 11.6. The number of fused-ring (bicyclic) bond motifs is 1. The highest BCUT2D eigenvalue weighted by Crippen LogP contribution is 2.16. The van der Waals surface area contributed by atoms with Crippen molar-refractivity contribution in [3.05, 3.63) is 59.1 Å². The van der Waals surface area contributed by atoms with Crippen LogP contribution in [0.15, 0.2) is 48.5 Å². The van der Waals surface area contributed by atoms with Crippen LogP contribution in [0.1, 0.15) is 18.4 Å². The molecule has 7 heteroatoms. The fourth-order valence-corrected chi connectivity index (χ4v) is 2.47. The molecule has 1 aromatic heterocycles. The van der Waals surface area contributed by atoms with Gasteiger partial charge >= 0.3 is 0 Å². The van der Waals surface area contributed by atoms with Crippen LogP contribution in [0.5, 0.6) is 0 Å². The van der Waals surface area contributed by atoms with E-state index < -0.39 is 0 Å². The fraction of sp³-hybridized carbons (Fsp3) is 0.235. The normalized spacial score (nSPS) is 12.1. The van der Waals surface area contributed by atoms with Crippen LogP contribution in [0.3, 0.4) is 0 Å². The third-order valence-corrected chi connectivity index (χ3v) is 3.90. The first-order valence-electron chi connectivity index (χ1n) is 7.59. The third-order valence-electron chi connectivity index (χ3n) is 3.67. The lowest BCUT2D eigenvalue weighted by Gasteiger charge is -2.13. The first kappa shape index (κ1) is 16.3. The molecule has 24 heavy (non-hydrogen) atoms. The average molecular weight is 345 g/mol. The molecule has 6 nitrogen and oxygen atoms in total. The van der Waals surface area contributed by atoms with E-state index in [2.05, 4.69) is 22.6 Å². The van der Waals surface area contributed by atoms with Gasteiger partial charge in [0.25, 0.3) is 5.91 Å². The van der Waals surface area contributed by atoms with Gasteiger partial charge < -0.3 is 10.2 Å². The maximum Gasteiger partial charge on any atom is 0.260 e. The van der Waals surface area contributed by atoms with Crippen LogP contribution in [-0.2, 0) is 4.79 Å². The second-order valence-electron chi connectivity index (χ2n) is 5.48. The Morgan fingerprint density at radius 1 is 1.29 bits per heavy atom. The van der Waals surface area contributed by atoms with Crippen molar-refractivity contribution in [1.82, 2.24) is 20.5 Å². The predicted octanol–water partition coefficient (Wildman–Crippen LogP) is 2.43. The van der Waals surface area contributed by atoms with Gasteiger partial charge in [-0.15, -0.1) is 5.10 Å². The van der Waals surface area contributed by atoms with Gasteiger partial charge in [0.1, 0.15) is 11.0 Å². The van der Waals surface area contributed by atoms with Crippen molar-refractivity contribution in [2.24, 2.45) is 0 Å². The molecular formula is C17H17ClN4O2. The number of carbonyl (C=O) groups excluding carboxylic acids is 1. The summed E-state index contributed by atoms with van der Waals surface area (Å²) in [4.78, 5) is 18.5. The van der Waals surface area contributed by atoms with Crippen LogP contribution < -0.4 is 10.2 Å². The molecule has 124 valence electrons. The minimum absolute atomic E-state index is 0.146. The molecule has 3 aromatic rings. The van der Waals surface area contributed by atoms with Crippen molar-refractivity contribution in [3.63, 3.8) is 0 Å². The second-order valence-corrected chi connectivity index (χ2v) is 5.92. The molecule has 0 bridgehead atoms. The summed E-state index contributed by atoms with van der Waals surface area (Å²) in [6, 6.07) is 15.2. The molecule has 0 aliphatic carbocycles. The van der Waals surface area contributed by atoms with Crippen molar-refractivity contribution in [2.75, 3.05) is 13.2 Å². The third kappa shape index (κ3) is 3.83. The van der Waals surface area contributed by atoms with Gasteiger partial charge in [-0.25, -0.2) is 0 Å². The van der Waals surface area contributed by atoms with Crippen LogP contribution in [0.4, 0.5) is 0 Å². The summed E-state index contributed by atoms with van der Waals surface area (Å²) < 4.78 is 0. The molecule has 2 aromatic carbocycles. The topological polar surface area (TPSA) is 69.0 Å². The highest BCUT2D eigenvalue weighted by atomic mass is 35.5. The molecule has 0 saturated heterocycles. The predicted molar refractivity (Wildman–Crippen MR) is 91.9 cm³/mol. The van der Waals surface area contributed by atoms with E-state index in [1.54, 1.807) is 18.2 Å². The van der Waals surface area contributed by atoms with Crippen molar-refractivity contribution >= 4 is 28.5 Å². The number of nitrogens with zero attached hydrogens (tertiary/aromatic N) is 3. The molecule has 1 N–H and O–H groups in total. The first-order valence-corrected chi connectivity index (χ1v) is 7.97. The molecule has 1 heterocycles. The Bertz CT molecular complexity index is 835. The van der Waals surface area contributed by atoms with Crippen LogP contribution in [0, 0.1) is 0 Å². The Labute approximate surface area is 144 Å². The monoisotopic (exact) mass is 344 g/mol. The summed E-state index contributed by atoms with van der Waals surface area (Å²) >= 11 is 5.95. The molecule has 1 amide bonds. The summed E-state index contributed by atoms with van der Waals surface area (Å²) in [6.07, 6.45) is 0. The smallest absolute Gasteiger partial charge is 0.260 e. The van der Waals surface area contributed by atoms with E-state index >= 15 is 0 Å². The number of hydrogen-bond donors (Lipinski definition) is 1. The van der Waals surface area contributed by atoms with Crippen molar-refractivity contribution in [3.8, 4) is 0 Å². The van der Waals surface area contributed by atoms with Gasteiger partial charge in [0.05, 0.1) is 0 Å². The largest absolute Gasteiger partial charge is 0.385 e. The molecule has 0 saturated carbocycles. The van der Waals surface area contributed by atoms with Crippen LogP contribution in [-0.4, -0.2) is 34.2 Å². The number of benzene rings is 2. The summed E-state index contributed by atoms with van der Waals surface area (Å²) in [5.41, 5.74) is 2.45. The van der Waals surface area contributed by atoms with Crippen molar-refractivity contribution in [1.29, 1.82) is 0 Å². The Morgan fingerprint density at radius 3 is 2.88 bits per heavy atom. The summed E-state index contributed by atoms with van der Waals surface area (Å²) in [5, 5.41) is 11.2. The summed E-state index contributed by atoms with van der Waals surface area (Å²) in [5.74, 6) is 0.00427. The number of hydrogen-bond acceptors (Lipinski definition) is 4. The average Bonchev–Trinajstić information content (AvgIpc) is 3.00. The minimum atomic E-state index is -0.219. The molecule has 3 rings (SSSR count). The number of amides is 1. The van der Waals surface area contributed by atoms with Gasteiger partial charge in [-0.05, 0) is 34.9 Å². The lowest BCUT2D eigenvalue weighted by atomic mass is 10.0. The van der Waals surface area contributed by atoms with Crippen LogP contribution in [0.25, 0.3) is 11.0 Å². The number of halogens is 1. The molecule has 0 aliphatic rings. The Hall–Kier alpha value is -2.60. The zero-order valence-electron chi connectivity index (χ0n) is 13.1. The maximum absolute atomic E-state index is 12.0.